The van der Waals surface area contributed by atoms with Gasteiger partial charge in [0.15, 0.2) is 0 Å². The van der Waals surface area contributed by atoms with Gasteiger partial charge in [-0.25, -0.2) is 4.79 Å². The highest BCUT2D eigenvalue weighted by Crippen LogP contribution is 2.14. The Labute approximate surface area is 71.1 Å². The molecule has 0 spiro atoms. The van der Waals surface area contributed by atoms with Gasteiger partial charge in [-0.3, -0.25) is 4.98 Å². The van der Waals surface area contributed by atoms with Crippen LogP contribution in [0.15, 0.2) is 6.20 Å². The Hall–Kier alpha value is -1.38. The van der Waals surface area contributed by atoms with Gasteiger partial charge in [-0.15, -0.1) is 0 Å². The molecule has 1 aromatic rings. The fraction of sp³-hybridized carbons (Fsp3) is 0.333. The molecule has 0 saturated heterocycles. The van der Waals surface area contributed by atoms with Gasteiger partial charge in [0.25, 0.3) is 0 Å². The molecule has 0 aliphatic rings. The number of nitrogens with zero attached hydrogens (tertiary/aromatic N) is 1. The van der Waals surface area contributed by atoms with Gasteiger partial charge in [-0.05, 0) is 31.9 Å². The van der Waals surface area contributed by atoms with E-state index in [2.05, 4.69) is 4.98 Å². The minimum absolute atomic E-state index is 0.290. The zero-order valence-electron chi connectivity index (χ0n) is 7.38. The molecule has 3 heteroatoms. The number of pyridine rings is 1. The van der Waals surface area contributed by atoms with Crippen molar-refractivity contribution < 1.29 is 9.90 Å². The third-order valence-corrected chi connectivity index (χ3v) is 2.13. The van der Waals surface area contributed by atoms with E-state index in [1.165, 1.54) is 6.20 Å². The van der Waals surface area contributed by atoms with Crippen molar-refractivity contribution in [3.63, 3.8) is 0 Å². The summed E-state index contributed by atoms with van der Waals surface area (Å²) in [5.41, 5.74) is 2.93. The van der Waals surface area contributed by atoms with Crippen molar-refractivity contribution in [2.24, 2.45) is 0 Å². The van der Waals surface area contributed by atoms with Crippen LogP contribution in [-0.4, -0.2) is 16.1 Å². The molecule has 1 rings (SSSR count). The normalized spacial score (nSPS) is 9.92. The van der Waals surface area contributed by atoms with Crippen LogP contribution in [0.5, 0.6) is 0 Å². The second-order valence-corrected chi connectivity index (χ2v) is 2.81. The minimum Gasteiger partial charge on any atom is -0.478 e. The fourth-order valence-electron chi connectivity index (χ4n) is 1.04. The van der Waals surface area contributed by atoms with E-state index in [9.17, 15) is 4.79 Å². The van der Waals surface area contributed by atoms with Crippen LogP contribution in [0.2, 0.25) is 0 Å². The molecule has 0 aliphatic heterocycles. The molecule has 0 fully saturated rings. The van der Waals surface area contributed by atoms with Crippen molar-refractivity contribution >= 4 is 5.97 Å². The van der Waals surface area contributed by atoms with Crippen LogP contribution in [0.3, 0.4) is 0 Å². The average molecular weight is 165 g/mol. The minimum atomic E-state index is -0.914. The van der Waals surface area contributed by atoms with Gasteiger partial charge < -0.3 is 5.11 Å². The summed E-state index contributed by atoms with van der Waals surface area (Å²) in [4.78, 5) is 14.6. The summed E-state index contributed by atoms with van der Waals surface area (Å²) in [5, 5.41) is 8.74. The smallest absolute Gasteiger partial charge is 0.337 e. The van der Waals surface area contributed by atoms with Gasteiger partial charge in [0.1, 0.15) is 0 Å². The maximum atomic E-state index is 10.6. The standard InChI is InChI=1S/C9H11NO2/c1-5-6(2)8(9(11)12)4-10-7(5)3/h4H,1-3H3,(H,11,12). The molecule has 3 nitrogen and oxygen atoms in total. The van der Waals surface area contributed by atoms with E-state index in [-0.39, 0.29) is 5.56 Å². The Morgan fingerprint density at radius 3 is 2.42 bits per heavy atom. The van der Waals surface area contributed by atoms with Gasteiger partial charge in [0.2, 0.25) is 0 Å². The first-order chi connectivity index (χ1) is 5.54. The van der Waals surface area contributed by atoms with E-state index in [1.807, 2.05) is 13.8 Å². The van der Waals surface area contributed by atoms with E-state index in [1.54, 1.807) is 6.92 Å². The Bertz CT molecular complexity index is 332. The Kier molecular flexibility index (Phi) is 2.13. The van der Waals surface area contributed by atoms with Gasteiger partial charge >= 0.3 is 5.97 Å². The molecule has 0 saturated carbocycles. The van der Waals surface area contributed by atoms with Crippen LogP contribution in [0.4, 0.5) is 0 Å². The molecule has 1 aromatic heterocycles. The summed E-state index contributed by atoms with van der Waals surface area (Å²) in [5.74, 6) is -0.914. The third kappa shape index (κ3) is 1.30. The van der Waals surface area contributed by atoms with E-state index in [4.69, 9.17) is 5.11 Å². The van der Waals surface area contributed by atoms with Gasteiger partial charge in [0.05, 0.1) is 5.56 Å². The highest BCUT2D eigenvalue weighted by atomic mass is 16.4. The van der Waals surface area contributed by atoms with Crippen LogP contribution in [0, 0.1) is 20.8 Å². The van der Waals surface area contributed by atoms with E-state index in [0.29, 0.717) is 0 Å². The van der Waals surface area contributed by atoms with Crippen molar-refractivity contribution in [1.29, 1.82) is 0 Å². The molecule has 0 radical (unpaired) electrons. The average Bonchev–Trinajstić information content (AvgIpc) is 2.00. The number of hydrogen-bond acceptors (Lipinski definition) is 2. The van der Waals surface area contributed by atoms with Crippen LogP contribution >= 0.6 is 0 Å². The molecule has 0 bridgehead atoms. The lowest BCUT2D eigenvalue weighted by Gasteiger charge is -2.05. The second-order valence-electron chi connectivity index (χ2n) is 2.81. The summed E-state index contributed by atoms with van der Waals surface area (Å²) in [6.07, 6.45) is 1.40. The third-order valence-electron chi connectivity index (χ3n) is 2.13. The zero-order chi connectivity index (χ0) is 9.30. The summed E-state index contributed by atoms with van der Waals surface area (Å²) in [6.45, 7) is 5.55. The van der Waals surface area contributed by atoms with Crippen LogP contribution in [0.25, 0.3) is 0 Å². The number of carboxylic acids is 1. The number of carbonyl (C=O) groups is 1. The Morgan fingerprint density at radius 1 is 1.33 bits per heavy atom. The van der Waals surface area contributed by atoms with Crippen molar-refractivity contribution in [2.45, 2.75) is 20.8 Å². The van der Waals surface area contributed by atoms with Crippen LogP contribution in [0.1, 0.15) is 27.2 Å². The Balaban J connectivity index is 3.36. The van der Waals surface area contributed by atoms with Gasteiger partial charge in [-0.1, -0.05) is 0 Å². The largest absolute Gasteiger partial charge is 0.478 e. The number of aromatic nitrogens is 1. The van der Waals surface area contributed by atoms with Gasteiger partial charge in [0, 0.05) is 11.9 Å². The predicted octanol–water partition coefficient (Wildman–Crippen LogP) is 1.71. The Morgan fingerprint density at radius 2 is 1.92 bits per heavy atom. The molecule has 0 aromatic carbocycles. The van der Waals surface area contributed by atoms with Crippen LogP contribution in [-0.2, 0) is 0 Å². The molecule has 0 unspecified atom stereocenters. The van der Waals surface area contributed by atoms with Crippen LogP contribution < -0.4 is 0 Å². The molecular weight excluding hydrogens is 154 g/mol. The summed E-state index contributed by atoms with van der Waals surface area (Å²) in [6, 6.07) is 0. The number of aromatic carboxylic acids is 1. The molecule has 0 atom stereocenters. The lowest BCUT2D eigenvalue weighted by molar-refractivity contribution is 0.0695. The maximum Gasteiger partial charge on any atom is 0.337 e. The lowest BCUT2D eigenvalue weighted by Crippen LogP contribution is -2.04. The lowest BCUT2D eigenvalue weighted by atomic mass is 10.0. The summed E-state index contributed by atoms with van der Waals surface area (Å²) in [7, 11) is 0. The highest BCUT2D eigenvalue weighted by Gasteiger charge is 2.10. The van der Waals surface area contributed by atoms with Crippen molar-refractivity contribution in [2.75, 3.05) is 0 Å². The topological polar surface area (TPSA) is 50.2 Å². The molecule has 1 heterocycles. The maximum absolute atomic E-state index is 10.6. The first-order valence-corrected chi connectivity index (χ1v) is 3.70. The van der Waals surface area contributed by atoms with Crippen molar-refractivity contribution in [1.82, 2.24) is 4.98 Å². The van der Waals surface area contributed by atoms with Gasteiger partial charge in [-0.2, -0.15) is 0 Å². The van der Waals surface area contributed by atoms with Crippen molar-refractivity contribution in [3.8, 4) is 0 Å². The number of carboxylic acid groups (broad SMARTS) is 1. The monoisotopic (exact) mass is 165 g/mol. The number of rotatable bonds is 1. The van der Waals surface area contributed by atoms with E-state index in [0.717, 1.165) is 16.8 Å². The first-order valence-electron chi connectivity index (χ1n) is 3.70. The zero-order valence-corrected chi connectivity index (χ0v) is 7.38. The van der Waals surface area contributed by atoms with Crippen molar-refractivity contribution in [3.05, 3.63) is 28.6 Å². The number of hydrogen-bond donors (Lipinski definition) is 1. The first kappa shape index (κ1) is 8.71. The molecule has 12 heavy (non-hydrogen) atoms. The SMILES string of the molecule is Cc1ncc(C(=O)O)c(C)c1C. The summed E-state index contributed by atoms with van der Waals surface area (Å²) >= 11 is 0. The second kappa shape index (κ2) is 2.93. The fourth-order valence-corrected chi connectivity index (χ4v) is 1.04. The molecular formula is C9H11NO2. The van der Waals surface area contributed by atoms with E-state index >= 15 is 0 Å². The highest BCUT2D eigenvalue weighted by molar-refractivity contribution is 5.89. The molecule has 0 aliphatic carbocycles. The van der Waals surface area contributed by atoms with E-state index < -0.39 is 5.97 Å². The molecule has 0 amide bonds. The summed E-state index contributed by atoms with van der Waals surface area (Å²) < 4.78 is 0. The quantitative estimate of drug-likeness (QED) is 0.689. The number of aryl methyl sites for hydroxylation is 1. The molecule has 64 valence electrons. The molecule has 1 N–H and O–H groups in total. The predicted molar refractivity (Wildman–Crippen MR) is 45.4 cm³/mol.